The van der Waals surface area contributed by atoms with Crippen LogP contribution >= 0.6 is 23.2 Å². The van der Waals surface area contributed by atoms with E-state index in [2.05, 4.69) is 24.9 Å². The summed E-state index contributed by atoms with van der Waals surface area (Å²) in [6.07, 6.45) is 2.41. The Bertz CT molecular complexity index is 312. The Morgan fingerprint density at radius 3 is 2.60 bits per heavy atom. The molecular formula is C12H17Cl2N. The molecule has 0 unspecified atom stereocenters. The summed E-state index contributed by atoms with van der Waals surface area (Å²) in [7, 11) is 2.09. The van der Waals surface area contributed by atoms with Crippen molar-refractivity contribution in [2.75, 3.05) is 18.5 Å². The third kappa shape index (κ3) is 3.58. The van der Waals surface area contributed by atoms with Crippen molar-refractivity contribution in [3.05, 3.63) is 28.8 Å². The van der Waals surface area contributed by atoms with Crippen molar-refractivity contribution < 1.29 is 0 Å². The van der Waals surface area contributed by atoms with Crippen molar-refractivity contribution in [1.29, 1.82) is 0 Å². The first kappa shape index (κ1) is 12.7. The standard InChI is InChI=1S/C12H17Cl2N/c1-3-4-7-15(2)11-6-5-10(9-13)12(14)8-11/h5-6,8H,3-4,7,9H2,1-2H3. The predicted molar refractivity (Wildman–Crippen MR) is 69.2 cm³/mol. The van der Waals surface area contributed by atoms with Gasteiger partial charge in [-0.1, -0.05) is 31.0 Å². The van der Waals surface area contributed by atoms with E-state index in [0.717, 1.165) is 22.8 Å². The highest BCUT2D eigenvalue weighted by molar-refractivity contribution is 6.32. The molecule has 0 aliphatic carbocycles. The fourth-order valence-corrected chi connectivity index (χ4v) is 1.95. The number of halogens is 2. The SMILES string of the molecule is CCCCN(C)c1ccc(CCl)c(Cl)c1. The third-order valence-corrected chi connectivity index (χ3v) is 3.11. The first-order valence-corrected chi connectivity index (χ1v) is 6.15. The number of nitrogens with zero attached hydrogens (tertiary/aromatic N) is 1. The number of anilines is 1. The maximum absolute atomic E-state index is 6.10. The molecule has 1 aromatic rings. The van der Waals surface area contributed by atoms with Gasteiger partial charge in [-0.15, -0.1) is 11.6 Å². The molecule has 0 atom stereocenters. The van der Waals surface area contributed by atoms with Gasteiger partial charge in [0, 0.05) is 30.2 Å². The number of hydrogen-bond acceptors (Lipinski definition) is 1. The molecule has 1 aromatic carbocycles. The maximum atomic E-state index is 6.10. The highest BCUT2D eigenvalue weighted by atomic mass is 35.5. The number of hydrogen-bond donors (Lipinski definition) is 0. The molecule has 1 nitrogen and oxygen atoms in total. The van der Waals surface area contributed by atoms with Crippen molar-refractivity contribution >= 4 is 28.9 Å². The average Bonchev–Trinajstić information content (AvgIpc) is 2.25. The Labute approximate surface area is 102 Å². The van der Waals surface area contributed by atoms with Gasteiger partial charge in [0.25, 0.3) is 0 Å². The van der Waals surface area contributed by atoms with E-state index < -0.39 is 0 Å². The summed E-state index contributed by atoms with van der Waals surface area (Å²) in [4.78, 5) is 2.22. The molecule has 0 aliphatic heterocycles. The minimum Gasteiger partial charge on any atom is -0.375 e. The zero-order valence-electron chi connectivity index (χ0n) is 9.26. The molecule has 0 amide bonds. The highest BCUT2D eigenvalue weighted by Gasteiger charge is 2.04. The number of benzene rings is 1. The molecule has 0 aromatic heterocycles. The molecule has 0 N–H and O–H groups in total. The fourth-order valence-electron chi connectivity index (χ4n) is 1.41. The van der Waals surface area contributed by atoms with Gasteiger partial charge in [-0.05, 0) is 24.1 Å². The minimum absolute atomic E-state index is 0.470. The lowest BCUT2D eigenvalue weighted by atomic mass is 10.2. The summed E-state index contributed by atoms with van der Waals surface area (Å²) in [6, 6.07) is 6.04. The van der Waals surface area contributed by atoms with Crippen molar-refractivity contribution in [3.63, 3.8) is 0 Å². The van der Waals surface area contributed by atoms with Gasteiger partial charge in [-0.2, -0.15) is 0 Å². The van der Waals surface area contributed by atoms with Crippen LogP contribution in [0, 0.1) is 0 Å². The van der Waals surface area contributed by atoms with Gasteiger partial charge in [0.15, 0.2) is 0 Å². The zero-order chi connectivity index (χ0) is 11.3. The molecule has 3 heteroatoms. The van der Waals surface area contributed by atoms with Gasteiger partial charge in [0.05, 0.1) is 0 Å². The van der Waals surface area contributed by atoms with Crippen LogP contribution in [0.15, 0.2) is 18.2 Å². The lowest BCUT2D eigenvalue weighted by Gasteiger charge is -2.19. The fraction of sp³-hybridized carbons (Fsp3) is 0.500. The summed E-state index contributed by atoms with van der Waals surface area (Å²) in [5, 5.41) is 0.755. The Balaban J connectivity index is 2.73. The van der Waals surface area contributed by atoms with Crippen LogP contribution in [0.25, 0.3) is 0 Å². The van der Waals surface area contributed by atoms with E-state index in [0.29, 0.717) is 5.88 Å². The molecule has 0 aliphatic rings. The van der Waals surface area contributed by atoms with Crippen molar-refractivity contribution in [3.8, 4) is 0 Å². The predicted octanol–water partition coefficient (Wildman–Crippen LogP) is 4.32. The number of unbranched alkanes of at least 4 members (excludes halogenated alkanes) is 1. The van der Waals surface area contributed by atoms with E-state index in [-0.39, 0.29) is 0 Å². The van der Waals surface area contributed by atoms with E-state index in [1.165, 1.54) is 12.8 Å². The van der Waals surface area contributed by atoms with Gasteiger partial charge in [-0.3, -0.25) is 0 Å². The van der Waals surface area contributed by atoms with Crippen LogP contribution in [-0.2, 0) is 5.88 Å². The second-order valence-electron chi connectivity index (χ2n) is 3.68. The van der Waals surface area contributed by atoms with Crippen molar-refractivity contribution in [2.45, 2.75) is 25.6 Å². The molecule has 0 saturated carbocycles. The molecule has 0 radical (unpaired) electrons. The van der Waals surface area contributed by atoms with Gasteiger partial charge in [0.1, 0.15) is 0 Å². The van der Waals surface area contributed by atoms with E-state index >= 15 is 0 Å². The summed E-state index contributed by atoms with van der Waals surface area (Å²) >= 11 is 11.8. The lowest BCUT2D eigenvalue weighted by Crippen LogP contribution is -2.18. The quantitative estimate of drug-likeness (QED) is 0.699. The smallest absolute Gasteiger partial charge is 0.0488 e. The topological polar surface area (TPSA) is 3.24 Å². The molecule has 0 heterocycles. The summed E-state index contributed by atoms with van der Waals surface area (Å²) in [5.74, 6) is 0.470. The molecule has 84 valence electrons. The van der Waals surface area contributed by atoms with E-state index in [1.54, 1.807) is 0 Å². The zero-order valence-corrected chi connectivity index (χ0v) is 10.8. The van der Waals surface area contributed by atoms with E-state index in [9.17, 15) is 0 Å². The van der Waals surface area contributed by atoms with Crippen LogP contribution in [0.1, 0.15) is 25.3 Å². The Kier molecular flexibility index (Phi) is 5.27. The van der Waals surface area contributed by atoms with E-state index in [4.69, 9.17) is 23.2 Å². The second kappa shape index (κ2) is 6.24. The van der Waals surface area contributed by atoms with Crippen molar-refractivity contribution in [2.24, 2.45) is 0 Å². The average molecular weight is 246 g/mol. The second-order valence-corrected chi connectivity index (χ2v) is 4.36. The Morgan fingerprint density at radius 1 is 1.33 bits per heavy atom. The highest BCUT2D eigenvalue weighted by Crippen LogP contribution is 2.24. The van der Waals surface area contributed by atoms with Gasteiger partial charge < -0.3 is 4.90 Å². The van der Waals surface area contributed by atoms with Crippen LogP contribution in [0.2, 0.25) is 5.02 Å². The normalized spacial score (nSPS) is 10.4. The maximum Gasteiger partial charge on any atom is 0.0488 e. The van der Waals surface area contributed by atoms with E-state index in [1.807, 2.05) is 12.1 Å². The van der Waals surface area contributed by atoms with Gasteiger partial charge >= 0.3 is 0 Å². The third-order valence-electron chi connectivity index (χ3n) is 2.47. The summed E-state index contributed by atoms with van der Waals surface area (Å²) < 4.78 is 0. The van der Waals surface area contributed by atoms with Gasteiger partial charge in [-0.25, -0.2) is 0 Å². The largest absolute Gasteiger partial charge is 0.375 e. The van der Waals surface area contributed by atoms with Crippen LogP contribution in [0.3, 0.4) is 0 Å². The molecule has 0 fully saturated rings. The Morgan fingerprint density at radius 2 is 2.07 bits per heavy atom. The monoisotopic (exact) mass is 245 g/mol. The Hall–Kier alpha value is -0.400. The molecule has 15 heavy (non-hydrogen) atoms. The van der Waals surface area contributed by atoms with Crippen LogP contribution in [0.4, 0.5) is 5.69 Å². The van der Waals surface area contributed by atoms with Crippen molar-refractivity contribution in [1.82, 2.24) is 0 Å². The minimum atomic E-state index is 0.470. The molecule has 0 bridgehead atoms. The lowest BCUT2D eigenvalue weighted by molar-refractivity contribution is 0.766. The first-order valence-electron chi connectivity index (χ1n) is 5.24. The number of alkyl halides is 1. The molecule has 1 rings (SSSR count). The first-order chi connectivity index (χ1) is 7.19. The summed E-state index contributed by atoms with van der Waals surface area (Å²) in [5.41, 5.74) is 2.15. The number of rotatable bonds is 5. The van der Waals surface area contributed by atoms with Crippen LogP contribution in [0.5, 0.6) is 0 Å². The summed E-state index contributed by atoms with van der Waals surface area (Å²) in [6.45, 7) is 3.25. The van der Waals surface area contributed by atoms with Crippen LogP contribution < -0.4 is 4.90 Å². The molecule has 0 saturated heterocycles. The van der Waals surface area contributed by atoms with Gasteiger partial charge in [0.2, 0.25) is 0 Å². The molecule has 0 spiro atoms. The molecular weight excluding hydrogens is 229 g/mol. The van der Waals surface area contributed by atoms with Crippen LogP contribution in [-0.4, -0.2) is 13.6 Å².